The third kappa shape index (κ3) is 10.4. The number of hydrogen-bond donors (Lipinski definition) is 1. The van der Waals surface area contributed by atoms with Crippen LogP contribution in [0.2, 0.25) is 0 Å². The van der Waals surface area contributed by atoms with Gasteiger partial charge in [0, 0.05) is 30.1 Å². The van der Waals surface area contributed by atoms with Gasteiger partial charge in [0.05, 0.1) is 19.6 Å². The van der Waals surface area contributed by atoms with Crippen LogP contribution >= 0.6 is 0 Å². The van der Waals surface area contributed by atoms with Gasteiger partial charge in [-0.2, -0.15) is 0 Å². The maximum absolute atomic E-state index is 11.5. The molecule has 0 spiro atoms. The molecule has 25 heavy (non-hydrogen) atoms. The molecule has 5 nitrogen and oxygen atoms in total. The Balaban J connectivity index is 0.00000129. The van der Waals surface area contributed by atoms with Gasteiger partial charge in [-0.05, 0) is 27.7 Å². The molecule has 0 aromatic heterocycles. The number of benzene rings is 1. The molecule has 1 aromatic carbocycles. The van der Waals surface area contributed by atoms with Crippen molar-refractivity contribution in [2.75, 3.05) is 26.2 Å². The summed E-state index contributed by atoms with van der Waals surface area (Å²) < 4.78 is 1.06. The Hall–Kier alpha value is -2.14. The van der Waals surface area contributed by atoms with E-state index in [1.165, 1.54) is 5.56 Å². The van der Waals surface area contributed by atoms with E-state index in [2.05, 4.69) is 56.1 Å². The molecule has 0 radical (unpaired) electrons. The summed E-state index contributed by atoms with van der Waals surface area (Å²) >= 11 is 0. The molecular formula is C20H32N2O3. The molecule has 5 heteroatoms. The van der Waals surface area contributed by atoms with Gasteiger partial charge in [0.1, 0.15) is 6.54 Å². The maximum atomic E-state index is 11.5. The lowest BCUT2D eigenvalue weighted by atomic mass is 10.1. The summed E-state index contributed by atoms with van der Waals surface area (Å²) in [6.45, 7) is 15.9. The lowest BCUT2D eigenvalue weighted by Crippen LogP contribution is -2.48. The average Bonchev–Trinajstić information content (AvgIpc) is 2.57. The smallest absolute Gasteiger partial charge is 0.246 e. The fourth-order valence-corrected chi connectivity index (χ4v) is 2.58. The van der Waals surface area contributed by atoms with Crippen molar-refractivity contribution in [1.29, 1.82) is 0 Å². The van der Waals surface area contributed by atoms with Crippen LogP contribution in [0.3, 0.4) is 0 Å². The van der Waals surface area contributed by atoms with E-state index in [-0.39, 0.29) is 5.91 Å². The zero-order chi connectivity index (χ0) is 19.3. The maximum Gasteiger partial charge on any atom is 0.246 e. The van der Waals surface area contributed by atoms with Gasteiger partial charge in [-0.3, -0.25) is 4.79 Å². The van der Waals surface area contributed by atoms with Crippen molar-refractivity contribution in [3.05, 3.63) is 48.0 Å². The molecule has 0 heterocycles. The zero-order valence-corrected chi connectivity index (χ0v) is 16.0. The predicted octanol–water partition coefficient (Wildman–Crippen LogP) is 1.88. The van der Waals surface area contributed by atoms with Crippen molar-refractivity contribution in [3.63, 3.8) is 0 Å². The van der Waals surface area contributed by atoms with Crippen LogP contribution in [0.25, 0.3) is 0 Å². The normalized spacial score (nSPS) is 10.4. The van der Waals surface area contributed by atoms with Gasteiger partial charge in [0.25, 0.3) is 0 Å². The highest BCUT2D eigenvalue weighted by Gasteiger charge is 2.23. The number of nitrogens with zero attached hydrogens (tertiary/aromatic N) is 1. The standard InChI is InChI=1S/C18H28N2O.C2H4O2/c1-5-20(6-2,15-17-11-8-7-9-12-17)14-10-13-19-18(21)16(3)4;1-2(3)4/h7-9,11-12H,3,5-6,10,13-15H2,1-2,4H3;1H3,(H,3,4). The second-order valence-electron chi connectivity index (χ2n) is 6.22. The van der Waals surface area contributed by atoms with Crippen molar-refractivity contribution in [3.8, 4) is 0 Å². The summed E-state index contributed by atoms with van der Waals surface area (Å²) in [6, 6.07) is 10.6. The van der Waals surface area contributed by atoms with Crippen molar-refractivity contribution in [2.24, 2.45) is 0 Å². The van der Waals surface area contributed by atoms with E-state index in [0.717, 1.165) is 50.6 Å². The summed E-state index contributed by atoms with van der Waals surface area (Å²) in [5, 5.41) is 11.8. The number of carboxylic acids is 1. The topological polar surface area (TPSA) is 69.2 Å². The summed E-state index contributed by atoms with van der Waals surface area (Å²) in [4.78, 5) is 20.4. The largest absolute Gasteiger partial charge is 0.550 e. The van der Waals surface area contributed by atoms with Crippen LogP contribution in [-0.4, -0.2) is 42.5 Å². The van der Waals surface area contributed by atoms with E-state index in [0.29, 0.717) is 5.57 Å². The van der Waals surface area contributed by atoms with Crippen molar-refractivity contribution in [2.45, 2.75) is 40.7 Å². The van der Waals surface area contributed by atoms with E-state index in [4.69, 9.17) is 9.90 Å². The first-order valence-electron chi connectivity index (χ1n) is 8.76. The molecule has 1 N–H and O–H groups in total. The van der Waals surface area contributed by atoms with Gasteiger partial charge in [0.15, 0.2) is 0 Å². The highest BCUT2D eigenvalue weighted by molar-refractivity contribution is 5.91. The van der Waals surface area contributed by atoms with E-state index in [1.807, 2.05) is 0 Å². The van der Waals surface area contributed by atoms with Gasteiger partial charge in [-0.15, -0.1) is 0 Å². The number of nitrogens with one attached hydrogen (secondary N) is 1. The van der Waals surface area contributed by atoms with E-state index in [9.17, 15) is 4.79 Å². The SMILES string of the molecule is C=C(C)C(=O)NCCC[N+](CC)(CC)Cc1ccccc1.CC(=O)[O-]. The molecule has 0 atom stereocenters. The zero-order valence-electron chi connectivity index (χ0n) is 16.0. The third-order valence-electron chi connectivity index (χ3n) is 4.18. The number of quaternary nitrogens is 1. The molecule has 1 rings (SSSR count). The number of carboxylic acid groups (broad SMARTS) is 1. The molecule has 0 bridgehead atoms. The number of rotatable bonds is 9. The Bertz CT molecular complexity index is 533. The summed E-state index contributed by atoms with van der Waals surface area (Å²) in [7, 11) is 0. The molecule has 0 saturated carbocycles. The first-order valence-corrected chi connectivity index (χ1v) is 8.76. The van der Waals surface area contributed by atoms with Crippen molar-refractivity contribution < 1.29 is 19.2 Å². The molecule has 0 aliphatic carbocycles. The lowest BCUT2D eigenvalue weighted by Gasteiger charge is -2.37. The Labute approximate surface area is 151 Å². The minimum Gasteiger partial charge on any atom is -0.550 e. The highest BCUT2D eigenvalue weighted by atomic mass is 16.4. The molecule has 0 aliphatic heterocycles. The van der Waals surface area contributed by atoms with Crippen LogP contribution in [0, 0.1) is 0 Å². The molecule has 0 saturated heterocycles. The Kier molecular flexibility index (Phi) is 11.2. The van der Waals surface area contributed by atoms with E-state index in [1.54, 1.807) is 6.92 Å². The molecule has 140 valence electrons. The molecule has 0 fully saturated rings. The molecular weight excluding hydrogens is 316 g/mol. The van der Waals surface area contributed by atoms with Gasteiger partial charge in [-0.1, -0.05) is 36.9 Å². The average molecular weight is 348 g/mol. The van der Waals surface area contributed by atoms with Gasteiger partial charge in [0.2, 0.25) is 5.91 Å². The Morgan fingerprint density at radius 1 is 1.12 bits per heavy atom. The monoisotopic (exact) mass is 348 g/mol. The first kappa shape index (κ1) is 22.9. The van der Waals surface area contributed by atoms with Crippen molar-refractivity contribution >= 4 is 11.9 Å². The van der Waals surface area contributed by atoms with Gasteiger partial charge in [-0.25, -0.2) is 0 Å². The van der Waals surface area contributed by atoms with Crippen LogP contribution in [0.5, 0.6) is 0 Å². The number of hydrogen-bond acceptors (Lipinski definition) is 3. The van der Waals surface area contributed by atoms with Crippen LogP contribution in [-0.2, 0) is 16.1 Å². The van der Waals surface area contributed by atoms with Crippen LogP contribution in [0.4, 0.5) is 0 Å². The van der Waals surface area contributed by atoms with E-state index < -0.39 is 5.97 Å². The second kappa shape index (κ2) is 12.3. The number of amides is 1. The predicted molar refractivity (Wildman–Crippen MR) is 99.5 cm³/mol. The van der Waals surface area contributed by atoms with Crippen LogP contribution in [0.15, 0.2) is 42.5 Å². The molecule has 1 amide bonds. The minimum atomic E-state index is -1.08. The second-order valence-corrected chi connectivity index (χ2v) is 6.22. The summed E-state index contributed by atoms with van der Waals surface area (Å²) in [5.74, 6) is -1.12. The lowest BCUT2D eigenvalue weighted by molar-refractivity contribution is -0.937. The number of carbonyl (C=O) groups excluding carboxylic acids is 2. The summed E-state index contributed by atoms with van der Waals surface area (Å²) in [5.41, 5.74) is 1.96. The highest BCUT2D eigenvalue weighted by Crippen LogP contribution is 2.15. The fourth-order valence-electron chi connectivity index (χ4n) is 2.58. The van der Waals surface area contributed by atoms with Crippen LogP contribution < -0.4 is 10.4 Å². The Morgan fingerprint density at radius 3 is 2.08 bits per heavy atom. The van der Waals surface area contributed by atoms with Crippen LogP contribution in [0.1, 0.15) is 39.7 Å². The number of carbonyl (C=O) groups is 2. The summed E-state index contributed by atoms with van der Waals surface area (Å²) in [6.07, 6.45) is 0.994. The third-order valence-corrected chi connectivity index (χ3v) is 4.18. The Morgan fingerprint density at radius 2 is 1.64 bits per heavy atom. The van der Waals surface area contributed by atoms with Gasteiger partial charge < -0.3 is 19.7 Å². The fraction of sp³-hybridized carbons (Fsp3) is 0.500. The first-order chi connectivity index (χ1) is 11.8. The molecule has 1 aromatic rings. The number of aliphatic carboxylic acids is 1. The minimum absolute atomic E-state index is 0.0378. The molecule has 0 unspecified atom stereocenters. The van der Waals surface area contributed by atoms with E-state index >= 15 is 0 Å². The van der Waals surface area contributed by atoms with Crippen molar-refractivity contribution in [1.82, 2.24) is 5.32 Å². The van der Waals surface area contributed by atoms with Gasteiger partial charge >= 0.3 is 0 Å². The molecule has 0 aliphatic rings. The quantitative estimate of drug-likeness (QED) is 0.421.